The number of anilines is 1. The molecule has 0 saturated carbocycles. The number of nitrogens with zero attached hydrogens (tertiary/aromatic N) is 6. The van der Waals surface area contributed by atoms with E-state index in [0.29, 0.717) is 35.1 Å². The molecule has 2 heterocycles. The van der Waals surface area contributed by atoms with E-state index < -0.39 is 5.91 Å². The average Bonchev–Trinajstić information content (AvgIpc) is 3.49. The Morgan fingerprint density at radius 3 is 2.65 bits per heavy atom. The summed E-state index contributed by atoms with van der Waals surface area (Å²) in [6.07, 6.45) is 0. The molecule has 0 saturated heterocycles. The van der Waals surface area contributed by atoms with E-state index in [-0.39, 0.29) is 17.3 Å². The molecule has 2 aromatic heterocycles. The Bertz CT molecular complexity index is 1330. The number of amides is 1. The SMILES string of the molecule is CCOc1ccc(-c2c(C(=O)NN=C(C)c3cccc(OC)c3)nnn2-c2nonc2N)cc1. The molecule has 0 aliphatic heterocycles. The van der Waals surface area contributed by atoms with Gasteiger partial charge in [0.2, 0.25) is 11.6 Å². The lowest BCUT2D eigenvalue weighted by molar-refractivity contribution is 0.0950. The maximum absolute atomic E-state index is 13.1. The Morgan fingerprint density at radius 2 is 1.97 bits per heavy atom. The zero-order chi connectivity index (χ0) is 24.1. The largest absolute Gasteiger partial charge is 0.497 e. The lowest BCUT2D eigenvalue weighted by Gasteiger charge is -2.08. The van der Waals surface area contributed by atoms with Gasteiger partial charge in [-0.15, -0.1) is 5.10 Å². The van der Waals surface area contributed by atoms with Crippen LogP contribution in [0.3, 0.4) is 0 Å². The van der Waals surface area contributed by atoms with Crippen LogP contribution in [0.15, 0.2) is 58.3 Å². The van der Waals surface area contributed by atoms with Crippen LogP contribution >= 0.6 is 0 Å². The van der Waals surface area contributed by atoms with Crippen molar-refractivity contribution in [3.63, 3.8) is 0 Å². The molecule has 0 radical (unpaired) electrons. The second-order valence-corrected chi connectivity index (χ2v) is 7.00. The lowest BCUT2D eigenvalue weighted by atomic mass is 10.1. The predicted octanol–water partition coefficient (Wildman–Crippen LogP) is 2.46. The van der Waals surface area contributed by atoms with Crippen LogP contribution in [0.4, 0.5) is 5.82 Å². The van der Waals surface area contributed by atoms with Gasteiger partial charge in [-0.3, -0.25) is 4.79 Å². The van der Waals surface area contributed by atoms with Crippen LogP contribution in [0, 0.1) is 0 Å². The number of hydrogen-bond acceptors (Lipinski definition) is 10. The van der Waals surface area contributed by atoms with Gasteiger partial charge in [0.25, 0.3) is 5.91 Å². The molecular weight excluding hydrogens is 440 g/mol. The number of carbonyl (C=O) groups excluding carboxylic acids is 1. The van der Waals surface area contributed by atoms with E-state index in [1.54, 1.807) is 38.3 Å². The number of methoxy groups -OCH3 is 1. The number of benzene rings is 2. The number of carbonyl (C=O) groups is 1. The lowest BCUT2D eigenvalue weighted by Crippen LogP contribution is -2.21. The second-order valence-electron chi connectivity index (χ2n) is 7.00. The molecule has 12 heteroatoms. The first kappa shape index (κ1) is 22.5. The molecular formula is C22H22N8O4. The predicted molar refractivity (Wildman–Crippen MR) is 123 cm³/mol. The standard InChI is InChI=1S/C22H22N8O4/c1-4-33-16-10-8-14(9-11-16)19-18(25-29-30(19)21-20(23)27-34-28-21)22(31)26-24-13(2)15-6-5-7-17(12-15)32-3/h5-12H,4H2,1-3H3,(H2,23,27)(H,26,31). The number of nitrogen functional groups attached to an aromatic ring is 1. The van der Waals surface area contributed by atoms with E-state index in [4.69, 9.17) is 19.8 Å². The molecule has 0 aliphatic rings. The molecule has 34 heavy (non-hydrogen) atoms. The molecule has 0 fully saturated rings. The summed E-state index contributed by atoms with van der Waals surface area (Å²) in [6.45, 7) is 4.18. The minimum absolute atomic E-state index is 0.00376. The van der Waals surface area contributed by atoms with Gasteiger partial charge in [0.1, 0.15) is 17.2 Å². The van der Waals surface area contributed by atoms with Crippen molar-refractivity contribution in [2.24, 2.45) is 5.10 Å². The van der Waals surface area contributed by atoms with Crippen LogP contribution in [0.25, 0.3) is 17.1 Å². The monoisotopic (exact) mass is 462 g/mol. The highest BCUT2D eigenvalue weighted by Gasteiger charge is 2.25. The van der Waals surface area contributed by atoms with Crippen molar-refractivity contribution in [2.45, 2.75) is 13.8 Å². The maximum Gasteiger partial charge on any atom is 0.294 e. The molecule has 2 aromatic carbocycles. The summed E-state index contributed by atoms with van der Waals surface area (Å²) >= 11 is 0. The zero-order valence-electron chi connectivity index (χ0n) is 18.7. The summed E-state index contributed by atoms with van der Waals surface area (Å²) in [7, 11) is 1.58. The van der Waals surface area contributed by atoms with E-state index >= 15 is 0 Å². The number of aromatic nitrogens is 5. The number of nitrogens with one attached hydrogen (secondary N) is 1. The summed E-state index contributed by atoms with van der Waals surface area (Å²) in [4.78, 5) is 13.1. The van der Waals surface area contributed by atoms with E-state index in [9.17, 15) is 4.79 Å². The van der Waals surface area contributed by atoms with Gasteiger partial charge < -0.3 is 15.2 Å². The fraction of sp³-hybridized carbons (Fsp3) is 0.182. The Balaban J connectivity index is 1.69. The van der Waals surface area contributed by atoms with Crippen LogP contribution in [0.1, 0.15) is 29.9 Å². The Morgan fingerprint density at radius 1 is 1.18 bits per heavy atom. The van der Waals surface area contributed by atoms with Crippen molar-refractivity contribution in [3.8, 4) is 28.6 Å². The van der Waals surface area contributed by atoms with Crippen molar-refractivity contribution in [1.29, 1.82) is 0 Å². The van der Waals surface area contributed by atoms with Crippen molar-refractivity contribution in [1.82, 2.24) is 30.7 Å². The third kappa shape index (κ3) is 4.55. The molecule has 4 aromatic rings. The highest BCUT2D eigenvalue weighted by Crippen LogP contribution is 2.28. The van der Waals surface area contributed by atoms with Gasteiger partial charge in [0.05, 0.1) is 19.4 Å². The topological polar surface area (TPSA) is 156 Å². The highest BCUT2D eigenvalue weighted by atomic mass is 16.6. The zero-order valence-corrected chi connectivity index (χ0v) is 18.7. The van der Waals surface area contributed by atoms with E-state index in [2.05, 4.69) is 31.2 Å². The van der Waals surface area contributed by atoms with E-state index in [1.165, 1.54) is 4.68 Å². The number of hydrazone groups is 1. The van der Waals surface area contributed by atoms with Crippen LogP contribution in [-0.2, 0) is 0 Å². The fourth-order valence-corrected chi connectivity index (χ4v) is 3.16. The number of hydrogen-bond donors (Lipinski definition) is 2. The molecule has 0 unspecified atom stereocenters. The second kappa shape index (κ2) is 9.81. The molecule has 0 atom stereocenters. The molecule has 4 rings (SSSR count). The van der Waals surface area contributed by atoms with Crippen molar-refractivity contribution >= 4 is 17.4 Å². The molecule has 0 aliphatic carbocycles. The third-order valence-electron chi connectivity index (χ3n) is 4.83. The molecule has 174 valence electrons. The van der Waals surface area contributed by atoms with Gasteiger partial charge >= 0.3 is 0 Å². The van der Waals surface area contributed by atoms with Crippen molar-refractivity contribution < 1.29 is 18.9 Å². The maximum atomic E-state index is 13.1. The van der Waals surface area contributed by atoms with Gasteiger partial charge in [-0.1, -0.05) is 17.3 Å². The smallest absolute Gasteiger partial charge is 0.294 e. The average molecular weight is 462 g/mol. The first-order valence-corrected chi connectivity index (χ1v) is 10.3. The molecule has 0 spiro atoms. The van der Waals surface area contributed by atoms with Crippen LogP contribution < -0.4 is 20.6 Å². The number of ether oxygens (including phenoxy) is 2. The Hall–Kier alpha value is -4.74. The molecule has 1 amide bonds. The third-order valence-corrected chi connectivity index (χ3v) is 4.83. The minimum atomic E-state index is -0.576. The summed E-state index contributed by atoms with van der Waals surface area (Å²) in [6, 6.07) is 14.4. The summed E-state index contributed by atoms with van der Waals surface area (Å²) in [5.41, 5.74) is 10.7. The van der Waals surface area contributed by atoms with Crippen LogP contribution in [0.2, 0.25) is 0 Å². The van der Waals surface area contributed by atoms with E-state index in [0.717, 1.165) is 5.56 Å². The normalized spacial score (nSPS) is 11.3. The number of rotatable bonds is 8. The Kier molecular flexibility index (Phi) is 6.48. The number of nitrogens with two attached hydrogens (primary N) is 1. The minimum Gasteiger partial charge on any atom is -0.497 e. The first-order valence-electron chi connectivity index (χ1n) is 10.3. The highest BCUT2D eigenvalue weighted by molar-refractivity contribution is 6.02. The van der Waals surface area contributed by atoms with Gasteiger partial charge in [-0.25, -0.2) is 10.1 Å². The summed E-state index contributed by atoms with van der Waals surface area (Å²) in [5.74, 6) is 0.880. The first-order chi connectivity index (χ1) is 16.5. The molecule has 12 nitrogen and oxygen atoms in total. The van der Waals surface area contributed by atoms with Gasteiger partial charge in [-0.05, 0) is 60.6 Å². The van der Waals surface area contributed by atoms with Crippen LogP contribution in [0.5, 0.6) is 11.5 Å². The van der Waals surface area contributed by atoms with Crippen molar-refractivity contribution in [3.05, 3.63) is 59.8 Å². The van der Waals surface area contributed by atoms with Gasteiger partial charge in [0.15, 0.2) is 5.69 Å². The molecule has 0 bridgehead atoms. The quantitative estimate of drug-likeness (QED) is 0.297. The van der Waals surface area contributed by atoms with Gasteiger partial charge in [-0.2, -0.15) is 9.78 Å². The van der Waals surface area contributed by atoms with Crippen molar-refractivity contribution in [2.75, 3.05) is 19.5 Å². The summed E-state index contributed by atoms with van der Waals surface area (Å²) < 4.78 is 16.7. The van der Waals surface area contributed by atoms with Gasteiger partial charge in [0, 0.05) is 11.1 Å². The summed E-state index contributed by atoms with van der Waals surface area (Å²) in [5, 5.41) is 19.6. The fourth-order valence-electron chi connectivity index (χ4n) is 3.16. The Labute approximate surface area is 194 Å². The van der Waals surface area contributed by atoms with E-state index in [1.807, 2.05) is 31.2 Å². The molecule has 3 N–H and O–H groups in total. The van der Waals surface area contributed by atoms with Crippen LogP contribution in [-0.4, -0.2) is 50.6 Å².